The number of hydrogen-bond donors (Lipinski definition) is 5. The molecule has 6 N–H and O–H groups in total. The van der Waals surface area contributed by atoms with Crippen LogP contribution in [0.25, 0.3) is 11.2 Å². The molecule has 0 bridgehead atoms. The third-order valence-corrected chi connectivity index (χ3v) is 6.61. The van der Waals surface area contributed by atoms with E-state index in [0.717, 1.165) is 0 Å². The van der Waals surface area contributed by atoms with Crippen LogP contribution < -0.4 is 5.73 Å². The van der Waals surface area contributed by atoms with E-state index in [2.05, 4.69) is 28.3 Å². The van der Waals surface area contributed by atoms with Gasteiger partial charge in [-0.3, -0.25) is 13.6 Å². The number of imidazole rings is 1. The van der Waals surface area contributed by atoms with Gasteiger partial charge in [-0.25, -0.2) is 24.1 Å². The lowest BCUT2D eigenvalue weighted by molar-refractivity contribution is -0.0504. The number of anilines is 1. The molecule has 1 aliphatic rings. The Morgan fingerprint density at radius 2 is 1.86 bits per heavy atom. The van der Waals surface area contributed by atoms with Crippen LogP contribution in [-0.2, 0) is 27.2 Å². The summed E-state index contributed by atoms with van der Waals surface area (Å²) in [7, 11) is -9.85. The first-order valence-corrected chi connectivity index (χ1v) is 11.1. The number of phosphoric ester groups is 2. The molecule has 0 amide bonds. The number of aliphatic hydroxyl groups is 2. The Kier molecular flexibility index (Phi) is 6.36. The topological polar surface area (TPSA) is 222 Å². The summed E-state index contributed by atoms with van der Waals surface area (Å²) in [5.74, 6) is 0.0998. The molecule has 1 saturated heterocycles. The second-order valence-corrected chi connectivity index (χ2v) is 8.91. The van der Waals surface area contributed by atoms with Crippen molar-refractivity contribution in [3.8, 4) is 0 Å². The highest BCUT2D eigenvalue weighted by Crippen LogP contribution is 2.60. The van der Waals surface area contributed by atoms with Gasteiger partial charge in [0.15, 0.2) is 17.7 Å². The van der Waals surface area contributed by atoms with Crippen LogP contribution in [0.2, 0.25) is 0 Å². The van der Waals surface area contributed by atoms with Crippen LogP contribution in [0.3, 0.4) is 0 Å². The monoisotopic (exact) mass is 455 g/mol. The van der Waals surface area contributed by atoms with Gasteiger partial charge in [0.05, 0.1) is 19.5 Å². The van der Waals surface area contributed by atoms with Gasteiger partial charge >= 0.3 is 15.6 Å². The zero-order chi connectivity index (χ0) is 21.4. The minimum Gasteiger partial charge on any atom is -0.387 e. The van der Waals surface area contributed by atoms with Crippen LogP contribution in [-0.4, -0.2) is 71.0 Å². The molecular weight excluding hydrogens is 436 g/mol. The number of aromatic nitrogens is 4. The van der Waals surface area contributed by atoms with Crippen molar-refractivity contribution in [1.29, 1.82) is 0 Å². The smallest absolute Gasteiger partial charge is 0.387 e. The summed E-state index contributed by atoms with van der Waals surface area (Å²) >= 11 is 0. The van der Waals surface area contributed by atoms with Crippen LogP contribution in [0.5, 0.6) is 0 Å². The predicted octanol–water partition coefficient (Wildman–Crippen LogP) is -0.702. The van der Waals surface area contributed by atoms with Crippen LogP contribution >= 0.6 is 15.6 Å². The summed E-state index contributed by atoms with van der Waals surface area (Å²) in [5, 5.41) is 20.5. The van der Waals surface area contributed by atoms with Crippen molar-refractivity contribution < 1.29 is 47.2 Å². The van der Waals surface area contributed by atoms with Gasteiger partial charge in [-0.1, -0.05) is 0 Å². The van der Waals surface area contributed by atoms with E-state index in [0.29, 0.717) is 0 Å². The average Bonchev–Trinajstić information content (AvgIpc) is 3.16. The standard InChI is InChI=1S/C12H19N5O10P2/c1-2-24-28(20,21)27-29(22,23)25-3-6-8(18)9(19)12(26-6)17-5-16-7-10(13)14-4-15-11(7)17/h4-6,8-9,12,18-19H,2-3H2,1H3,(H,20,21)(H,22,23)(H2,13,14,15)/t6-,8-,9-,12-/m1/s1. The lowest BCUT2D eigenvalue weighted by Gasteiger charge is -2.18. The van der Waals surface area contributed by atoms with Crippen LogP contribution in [0.1, 0.15) is 13.2 Å². The minimum atomic E-state index is -5.04. The molecule has 0 radical (unpaired) electrons. The van der Waals surface area contributed by atoms with Crippen molar-refractivity contribution in [2.75, 3.05) is 18.9 Å². The molecule has 2 aromatic rings. The van der Waals surface area contributed by atoms with Gasteiger partial charge in [-0.2, -0.15) is 4.31 Å². The zero-order valence-corrected chi connectivity index (χ0v) is 16.7. The molecule has 17 heteroatoms. The van der Waals surface area contributed by atoms with Gasteiger partial charge in [0, 0.05) is 0 Å². The van der Waals surface area contributed by atoms with Crippen molar-refractivity contribution in [3.63, 3.8) is 0 Å². The Labute approximate surface area is 163 Å². The number of nitrogens with zero attached hydrogens (tertiary/aromatic N) is 4. The van der Waals surface area contributed by atoms with E-state index in [4.69, 9.17) is 10.5 Å². The number of nitrogens with two attached hydrogens (primary N) is 1. The quantitative estimate of drug-likeness (QED) is 0.311. The first-order chi connectivity index (χ1) is 13.5. The Morgan fingerprint density at radius 3 is 2.55 bits per heavy atom. The fraction of sp³-hybridized carbons (Fsp3) is 0.583. The second kappa shape index (κ2) is 8.32. The highest BCUT2D eigenvalue weighted by molar-refractivity contribution is 7.61. The van der Waals surface area contributed by atoms with E-state index in [9.17, 15) is 29.1 Å². The normalized spacial score (nSPS) is 29.0. The number of aliphatic hydroxyl groups excluding tert-OH is 2. The largest absolute Gasteiger partial charge is 0.481 e. The maximum atomic E-state index is 11.8. The number of ether oxygens (including phenoxy) is 1. The second-order valence-electron chi connectivity index (χ2n) is 5.86. The summed E-state index contributed by atoms with van der Waals surface area (Å²) in [5.41, 5.74) is 6.18. The molecule has 0 aromatic carbocycles. The van der Waals surface area contributed by atoms with E-state index < -0.39 is 46.8 Å². The van der Waals surface area contributed by atoms with Crippen molar-refractivity contribution in [3.05, 3.63) is 12.7 Å². The number of hydrogen-bond acceptors (Lipinski definition) is 12. The van der Waals surface area contributed by atoms with Crippen molar-refractivity contribution in [2.24, 2.45) is 0 Å². The van der Waals surface area contributed by atoms with Crippen molar-refractivity contribution >= 4 is 32.6 Å². The summed E-state index contributed by atoms with van der Waals surface area (Å²) in [6.07, 6.45) is -3.04. The highest BCUT2D eigenvalue weighted by Gasteiger charge is 2.46. The Balaban J connectivity index is 1.70. The lowest BCUT2D eigenvalue weighted by Crippen LogP contribution is -2.33. The van der Waals surface area contributed by atoms with E-state index in [1.807, 2.05) is 0 Å². The molecule has 1 aliphatic heterocycles. The fourth-order valence-corrected chi connectivity index (χ4v) is 4.74. The Morgan fingerprint density at radius 1 is 1.17 bits per heavy atom. The minimum absolute atomic E-state index is 0.0998. The maximum Gasteiger partial charge on any atom is 0.481 e. The number of fused-ring (bicyclic) bond motifs is 1. The number of phosphoric acid groups is 2. The Hall–Kier alpha value is -1.51. The van der Waals surface area contributed by atoms with Gasteiger partial charge in [-0.05, 0) is 6.92 Å². The predicted molar refractivity (Wildman–Crippen MR) is 94.0 cm³/mol. The number of nitrogen functional groups attached to an aromatic ring is 1. The third kappa shape index (κ3) is 4.81. The molecule has 1 fully saturated rings. The summed E-state index contributed by atoms with van der Waals surface area (Å²) in [6.45, 7) is 0.370. The molecule has 2 aromatic heterocycles. The molecule has 29 heavy (non-hydrogen) atoms. The van der Waals surface area contributed by atoms with Crippen LogP contribution in [0.4, 0.5) is 5.82 Å². The Bertz CT molecular complexity index is 972. The van der Waals surface area contributed by atoms with E-state index >= 15 is 0 Å². The van der Waals surface area contributed by atoms with Crippen molar-refractivity contribution in [2.45, 2.75) is 31.5 Å². The van der Waals surface area contributed by atoms with Crippen LogP contribution in [0.15, 0.2) is 12.7 Å². The molecule has 0 saturated carbocycles. The SMILES string of the molecule is CCOP(=O)(O)OP(=O)(O)OC[C@H]1O[C@@H](n2cnc3c(N)ncnc32)[C@H](O)[C@@H]1O. The molecule has 162 valence electrons. The zero-order valence-electron chi connectivity index (χ0n) is 14.9. The average molecular weight is 455 g/mol. The maximum absolute atomic E-state index is 11.8. The first-order valence-electron chi connectivity index (χ1n) is 8.15. The third-order valence-electron chi connectivity index (χ3n) is 3.90. The molecule has 0 aliphatic carbocycles. The summed E-state index contributed by atoms with van der Waals surface area (Å²) in [4.78, 5) is 30.6. The van der Waals surface area contributed by atoms with E-state index in [1.165, 1.54) is 24.1 Å². The summed E-state index contributed by atoms with van der Waals surface area (Å²) in [6, 6.07) is 0. The molecule has 2 unspecified atom stereocenters. The van der Waals surface area contributed by atoms with E-state index in [1.54, 1.807) is 0 Å². The van der Waals surface area contributed by atoms with Gasteiger partial charge < -0.3 is 30.5 Å². The van der Waals surface area contributed by atoms with Gasteiger partial charge in [0.1, 0.15) is 30.2 Å². The fourth-order valence-electron chi connectivity index (χ4n) is 2.66. The number of rotatable bonds is 8. The van der Waals surface area contributed by atoms with E-state index in [-0.39, 0.29) is 23.6 Å². The van der Waals surface area contributed by atoms with Crippen LogP contribution in [0, 0.1) is 0 Å². The summed E-state index contributed by atoms with van der Waals surface area (Å²) < 4.78 is 43.1. The first kappa shape index (κ1) is 22.2. The van der Waals surface area contributed by atoms with Gasteiger partial charge in [0.2, 0.25) is 0 Å². The van der Waals surface area contributed by atoms with Gasteiger partial charge in [-0.15, -0.1) is 0 Å². The van der Waals surface area contributed by atoms with Gasteiger partial charge in [0.25, 0.3) is 0 Å². The van der Waals surface area contributed by atoms with Crippen molar-refractivity contribution in [1.82, 2.24) is 19.5 Å². The molecule has 6 atom stereocenters. The molecule has 3 heterocycles. The highest BCUT2D eigenvalue weighted by atomic mass is 31.3. The molecule has 0 spiro atoms. The molecule has 3 rings (SSSR count). The molecule has 15 nitrogen and oxygen atoms in total. The lowest BCUT2D eigenvalue weighted by atomic mass is 10.1. The molecular formula is C12H19N5O10P2.